The molecule has 4 nitrogen and oxygen atoms in total. The maximum Gasteiger partial charge on any atom is 0.226 e. The molecule has 2 heterocycles. The van der Waals surface area contributed by atoms with Crippen molar-refractivity contribution in [1.29, 1.82) is 0 Å². The second-order valence-corrected chi connectivity index (χ2v) is 7.71. The number of thioether (sulfide) groups is 2. The van der Waals surface area contributed by atoms with Gasteiger partial charge in [-0.2, -0.15) is 16.7 Å². The number of hydrogen-bond acceptors (Lipinski definition) is 6. The van der Waals surface area contributed by atoms with Crippen molar-refractivity contribution in [2.24, 2.45) is 11.7 Å². The van der Waals surface area contributed by atoms with E-state index in [9.17, 15) is 0 Å². The third-order valence-corrected chi connectivity index (χ3v) is 6.38. The fourth-order valence-electron chi connectivity index (χ4n) is 2.54. The van der Waals surface area contributed by atoms with Gasteiger partial charge < -0.3 is 10.3 Å². The van der Waals surface area contributed by atoms with Gasteiger partial charge >= 0.3 is 0 Å². The molecule has 6 heteroatoms. The first-order valence-electron chi connectivity index (χ1n) is 7.55. The van der Waals surface area contributed by atoms with Crippen molar-refractivity contribution in [1.82, 2.24) is 10.1 Å². The second kappa shape index (κ2) is 8.95. The molecule has 0 aliphatic carbocycles. The molecule has 2 atom stereocenters. The first-order valence-corrected chi connectivity index (χ1v) is 9.75. The lowest BCUT2D eigenvalue weighted by Crippen LogP contribution is -2.10. The van der Waals surface area contributed by atoms with Crippen LogP contribution in [0.4, 0.5) is 0 Å². The maximum absolute atomic E-state index is 5.67. The van der Waals surface area contributed by atoms with Crippen LogP contribution in [-0.4, -0.2) is 33.9 Å². The molecule has 1 fully saturated rings. The Kier molecular flexibility index (Phi) is 7.24. The molecular weight excluding hydrogens is 290 g/mol. The third-order valence-electron chi connectivity index (χ3n) is 3.63. The Morgan fingerprint density at radius 3 is 2.95 bits per heavy atom. The van der Waals surface area contributed by atoms with E-state index in [1.165, 1.54) is 24.3 Å². The fraction of sp³-hybridized carbons (Fsp3) is 0.857. The zero-order valence-corrected chi connectivity index (χ0v) is 13.8. The van der Waals surface area contributed by atoms with Gasteiger partial charge in [0.2, 0.25) is 5.89 Å². The zero-order chi connectivity index (χ0) is 14.2. The number of aryl methyl sites for hydroxylation is 1. The molecule has 1 saturated heterocycles. The summed E-state index contributed by atoms with van der Waals surface area (Å²) in [5, 5.41) is 4.58. The lowest BCUT2D eigenvalue weighted by molar-refractivity contribution is 0.346. The van der Waals surface area contributed by atoms with E-state index in [4.69, 9.17) is 10.3 Å². The minimum Gasteiger partial charge on any atom is -0.339 e. The Morgan fingerprint density at radius 2 is 2.25 bits per heavy atom. The highest BCUT2D eigenvalue weighted by Crippen LogP contribution is 2.35. The van der Waals surface area contributed by atoms with Gasteiger partial charge in [-0.1, -0.05) is 24.9 Å². The third kappa shape index (κ3) is 4.97. The van der Waals surface area contributed by atoms with E-state index in [1.54, 1.807) is 0 Å². The van der Waals surface area contributed by atoms with E-state index in [1.807, 2.05) is 23.5 Å². The van der Waals surface area contributed by atoms with Crippen molar-refractivity contribution in [3.05, 3.63) is 11.7 Å². The summed E-state index contributed by atoms with van der Waals surface area (Å²) in [6.45, 7) is 3.00. The molecule has 0 saturated carbocycles. The summed E-state index contributed by atoms with van der Waals surface area (Å²) in [6.07, 6.45) is 5.56. The van der Waals surface area contributed by atoms with Crippen molar-refractivity contribution in [2.45, 2.75) is 44.3 Å². The van der Waals surface area contributed by atoms with Crippen LogP contribution >= 0.6 is 23.5 Å². The van der Waals surface area contributed by atoms with Crippen LogP contribution in [0.15, 0.2) is 4.52 Å². The molecule has 114 valence electrons. The average Bonchev–Trinajstić information content (AvgIpc) is 2.95. The molecule has 0 aromatic carbocycles. The van der Waals surface area contributed by atoms with Crippen LogP contribution in [0.1, 0.15) is 49.6 Å². The molecule has 0 radical (unpaired) electrons. The van der Waals surface area contributed by atoms with Crippen LogP contribution in [0, 0.1) is 5.92 Å². The van der Waals surface area contributed by atoms with Crippen molar-refractivity contribution in [3.63, 3.8) is 0 Å². The maximum atomic E-state index is 5.67. The summed E-state index contributed by atoms with van der Waals surface area (Å²) in [6, 6.07) is 0. The lowest BCUT2D eigenvalue weighted by Gasteiger charge is -2.17. The Morgan fingerprint density at radius 1 is 1.35 bits per heavy atom. The van der Waals surface area contributed by atoms with Crippen LogP contribution in [0.5, 0.6) is 0 Å². The lowest BCUT2D eigenvalue weighted by atomic mass is 9.94. The number of hydrogen-bond donors (Lipinski definition) is 1. The minimum atomic E-state index is 0.418. The normalized spacial score (nSPS) is 21.0. The first kappa shape index (κ1) is 16.2. The van der Waals surface area contributed by atoms with Gasteiger partial charge in [0.05, 0.1) is 5.25 Å². The fourth-order valence-corrected chi connectivity index (χ4v) is 5.13. The van der Waals surface area contributed by atoms with Gasteiger partial charge in [-0.25, -0.2) is 0 Å². The summed E-state index contributed by atoms with van der Waals surface area (Å²) < 4.78 is 5.41. The number of aromatic nitrogens is 2. The highest BCUT2D eigenvalue weighted by molar-refractivity contribution is 8.06. The molecule has 20 heavy (non-hydrogen) atoms. The van der Waals surface area contributed by atoms with Crippen LogP contribution in [0.2, 0.25) is 0 Å². The molecule has 1 aliphatic rings. The first-order chi connectivity index (χ1) is 9.83. The Bertz CT molecular complexity index is 374. The molecule has 0 amide bonds. The van der Waals surface area contributed by atoms with Gasteiger partial charge in [-0.15, -0.1) is 11.8 Å². The van der Waals surface area contributed by atoms with E-state index in [-0.39, 0.29) is 0 Å². The smallest absolute Gasteiger partial charge is 0.226 e. The molecule has 1 aromatic heterocycles. The Labute approximate surface area is 130 Å². The van der Waals surface area contributed by atoms with Gasteiger partial charge in [0, 0.05) is 23.7 Å². The molecule has 0 bridgehead atoms. The van der Waals surface area contributed by atoms with Crippen LogP contribution in [-0.2, 0) is 6.42 Å². The van der Waals surface area contributed by atoms with E-state index >= 15 is 0 Å². The second-order valence-electron chi connectivity index (χ2n) is 5.25. The number of rotatable bonds is 8. The molecule has 2 N–H and O–H groups in total. The van der Waals surface area contributed by atoms with Crippen LogP contribution < -0.4 is 5.73 Å². The molecule has 1 aliphatic heterocycles. The molecule has 2 rings (SSSR count). The summed E-state index contributed by atoms with van der Waals surface area (Å²) in [5.41, 5.74) is 5.67. The Balaban J connectivity index is 1.82. The van der Waals surface area contributed by atoms with Gasteiger partial charge in [0.15, 0.2) is 5.82 Å². The standard InChI is InChI=1S/C14H25N3OS2/c1-2-3-11(6-7-15)4-5-13-16-14(17-18-13)12-10-19-8-9-20-12/h11-12H,2-10,15H2,1H3. The van der Waals surface area contributed by atoms with Gasteiger partial charge in [0.1, 0.15) is 0 Å². The van der Waals surface area contributed by atoms with Gasteiger partial charge in [0.25, 0.3) is 0 Å². The minimum absolute atomic E-state index is 0.418. The zero-order valence-electron chi connectivity index (χ0n) is 12.2. The van der Waals surface area contributed by atoms with E-state index in [0.717, 1.165) is 43.3 Å². The van der Waals surface area contributed by atoms with Gasteiger partial charge in [-0.3, -0.25) is 0 Å². The number of nitrogens with two attached hydrogens (primary N) is 1. The molecular formula is C14H25N3OS2. The summed E-state index contributed by atoms with van der Waals surface area (Å²) in [4.78, 5) is 4.58. The monoisotopic (exact) mass is 315 g/mol. The largest absolute Gasteiger partial charge is 0.339 e. The van der Waals surface area contributed by atoms with Crippen molar-refractivity contribution >= 4 is 23.5 Å². The van der Waals surface area contributed by atoms with Crippen LogP contribution in [0.25, 0.3) is 0 Å². The van der Waals surface area contributed by atoms with E-state index in [0.29, 0.717) is 11.2 Å². The molecule has 2 unspecified atom stereocenters. The summed E-state index contributed by atoms with van der Waals surface area (Å²) >= 11 is 3.93. The van der Waals surface area contributed by atoms with Crippen molar-refractivity contribution in [3.8, 4) is 0 Å². The molecule has 1 aromatic rings. The highest BCUT2D eigenvalue weighted by Gasteiger charge is 2.22. The quantitative estimate of drug-likeness (QED) is 0.794. The molecule has 0 spiro atoms. The predicted molar refractivity (Wildman–Crippen MR) is 87.2 cm³/mol. The van der Waals surface area contributed by atoms with Crippen molar-refractivity contribution in [2.75, 3.05) is 23.8 Å². The number of nitrogens with zero attached hydrogens (tertiary/aromatic N) is 2. The topological polar surface area (TPSA) is 64.9 Å². The highest BCUT2D eigenvalue weighted by atomic mass is 32.2. The van der Waals surface area contributed by atoms with E-state index < -0.39 is 0 Å². The Hall–Kier alpha value is -0.200. The summed E-state index contributed by atoms with van der Waals surface area (Å²) in [7, 11) is 0. The van der Waals surface area contributed by atoms with E-state index in [2.05, 4.69) is 17.1 Å². The summed E-state index contributed by atoms with van der Waals surface area (Å²) in [5.74, 6) is 5.92. The predicted octanol–water partition coefficient (Wildman–Crippen LogP) is 3.29. The van der Waals surface area contributed by atoms with Crippen molar-refractivity contribution < 1.29 is 4.52 Å². The average molecular weight is 316 g/mol. The van der Waals surface area contributed by atoms with Gasteiger partial charge in [-0.05, 0) is 25.3 Å². The SMILES string of the molecule is CCCC(CCN)CCc1nc(C2CSCCS2)no1. The van der Waals surface area contributed by atoms with Crippen LogP contribution in [0.3, 0.4) is 0 Å².